The zero-order valence-corrected chi connectivity index (χ0v) is 13.5. The number of hydrogen-bond acceptors (Lipinski definition) is 2. The fraction of sp³-hybridized carbons (Fsp3) is 0.533. The van der Waals surface area contributed by atoms with E-state index in [0.29, 0.717) is 0 Å². The summed E-state index contributed by atoms with van der Waals surface area (Å²) < 4.78 is 1.06. The van der Waals surface area contributed by atoms with E-state index in [0.717, 1.165) is 23.0 Å². The number of halogens is 1. The third-order valence-electron chi connectivity index (χ3n) is 4.09. The molecule has 102 valence electrons. The van der Waals surface area contributed by atoms with Gasteiger partial charge in [0.15, 0.2) is 0 Å². The number of carbonyl (C=O) groups is 1. The third-order valence-corrected chi connectivity index (χ3v) is 6.20. The Morgan fingerprint density at radius 2 is 1.84 bits per heavy atom. The summed E-state index contributed by atoms with van der Waals surface area (Å²) in [5.41, 5.74) is 1.05. The van der Waals surface area contributed by atoms with Gasteiger partial charge >= 0.3 is 0 Å². The summed E-state index contributed by atoms with van der Waals surface area (Å²) >= 11 is 5.33. The van der Waals surface area contributed by atoms with Crippen LogP contribution in [0.1, 0.15) is 39.0 Å². The molecule has 0 N–H and O–H groups in total. The van der Waals surface area contributed by atoms with Gasteiger partial charge in [-0.1, -0.05) is 35.2 Å². The van der Waals surface area contributed by atoms with Crippen LogP contribution in [0.5, 0.6) is 0 Å². The van der Waals surface area contributed by atoms with Crippen LogP contribution < -0.4 is 4.90 Å². The van der Waals surface area contributed by atoms with Crippen LogP contribution in [0.15, 0.2) is 28.7 Å². The molecule has 1 aliphatic heterocycles. The average molecular weight is 340 g/mol. The fourth-order valence-electron chi connectivity index (χ4n) is 3.21. The second-order valence-corrected chi connectivity index (χ2v) is 8.04. The van der Waals surface area contributed by atoms with Crippen molar-refractivity contribution in [3.05, 3.63) is 28.7 Å². The Morgan fingerprint density at radius 3 is 2.47 bits per heavy atom. The lowest BCUT2D eigenvalue weighted by Crippen LogP contribution is -2.46. The van der Waals surface area contributed by atoms with Crippen molar-refractivity contribution in [3.8, 4) is 0 Å². The Hall–Kier alpha value is -0.480. The minimum atomic E-state index is 0.0164. The highest BCUT2D eigenvalue weighted by Crippen LogP contribution is 2.51. The molecule has 0 aromatic heterocycles. The molecule has 1 saturated carbocycles. The molecule has 4 heteroatoms. The molecule has 1 amide bonds. The van der Waals surface area contributed by atoms with Crippen molar-refractivity contribution in [2.45, 2.75) is 49.1 Å². The maximum absolute atomic E-state index is 12.6. The molecule has 1 atom stereocenters. The molecule has 1 aromatic rings. The van der Waals surface area contributed by atoms with Gasteiger partial charge < -0.3 is 0 Å². The van der Waals surface area contributed by atoms with Crippen molar-refractivity contribution in [2.75, 3.05) is 4.90 Å². The van der Waals surface area contributed by atoms with E-state index in [9.17, 15) is 4.79 Å². The molecule has 2 fully saturated rings. The number of thioether (sulfide) groups is 1. The predicted molar refractivity (Wildman–Crippen MR) is 84.5 cm³/mol. The van der Waals surface area contributed by atoms with E-state index in [1.165, 1.54) is 19.3 Å². The lowest BCUT2D eigenvalue weighted by Gasteiger charge is -2.40. The maximum Gasteiger partial charge on any atom is 0.241 e. The van der Waals surface area contributed by atoms with E-state index in [4.69, 9.17) is 0 Å². The van der Waals surface area contributed by atoms with E-state index in [1.807, 2.05) is 30.8 Å². The number of nitrogens with zero attached hydrogens (tertiary/aromatic N) is 1. The first-order chi connectivity index (χ1) is 9.12. The SMILES string of the molecule is CC1SC2(CCCCC2)N(c2ccc(Br)cc2)C1=O. The molecular formula is C15H18BrNOS. The van der Waals surface area contributed by atoms with Crippen molar-refractivity contribution >= 4 is 39.3 Å². The number of amides is 1. The van der Waals surface area contributed by atoms with Crippen molar-refractivity contribution in [1.29, 1.82) is 0 Å². The van der Waals surface area contributed by atoms with E-state index >= 15 is 0 Å². The van der Waals surface area contributed by atoms with Gasteiger partial charge in [0.25, 0.3) is 0 Å². The molecule has 19 heavy (non-hydrogen) atoms. The van der Waals surface area contributed by atoms with Gasteiger partial charge in [-0.05, 0) is 44.0 Å². The quantitative estimate of drug-likeness (QED) is 0.746. The Bertz CT molecular complexity index is 481. The number of benzene rings is 1. The van der Waals surface area contributed by atoms with Crippen LogP contribution in [0.25, 0.3) is 0 Å². The smallest absolute Gasteiger partial charge is 0.241 e. The first kappa shape index (κ1) is 13.5. The molecule has 0 bridgehead atoms. The number of anilines is 1. The minimum absolute atomic E-state index is 0.0164. The van der Waals surface area contributed by atoms with Crippen LogP contribution in [0, 0.1) is 0 Å². The second kappa shape index (κ2) is 5.13. The predicted octanol–water partition coefficient (Wildman–Crippen LogP) is 4.58. The van der Waals surface area contributed by atoms with Crippen molar-refractivity contribution in [2.24, 2.45) is 0 Å². The summed E-state index contributed by atoms with van der Waals surface area (Å²) in [4.78, 5) is 14.7. The van der Waals surface area contributed by atoms with Gasteiger partial charge in [-0.2, -0.15) is 0 Å². The van der Waals surface area contributed by atoms with Crippen LogP contribution in [0.4, 0.5) is 5.69 Å². The average Bonchev–Trinajstić information content (AvgIpc) is 2.64. The lowest BCUT2D eigenvalue weighted by molar-refractivity contribution is -0.117. The first-order valence-corrected chi connectivity index (χ1v) is 8.57. The van der Waals surface area contributed by atoms with Crippen LogP contribution in [0.3, 0.4) is 0 Å². The highest BCUT2D eigenvalue weighted by Gasteiger charge is 2.50. The Balaban J connectivity index is 1.99. The van der Waals surface area contributed by atoms with Crippen LogP contribution in [-0.2, 0) is 4.79 Å². The minimum Gasteiger partial charge on any atom is -0.296 e. The Kier molecular flexibility index (Phi) is 3.65. The zero-order valence-electron chi connectivity index (χ0n) is 11.1. The van der Waals surface area contributed by atoms with E-state index in [-0.39, 0.29) is 16.0 Å². The van der Waals surface area contributed by atoms with Crippen molar-refractivity contribution in [3.63, 3.8) is 0 Å². The van der Waals surface area contributed by atoms with Gasteiger partial charge in [-0.25, -0.2) is 0 Å². The largest absolute Gasteiger partial charge is 0.296 e. The van der Waals surface area contributed by atoms with Crippen LogP contribution >= 0.6 is 27.7 Å². The normalized spacial score (nSPS) is 26.1. The number of hydrogen-bond donors (Lipinski definition) is 0. The molecule has 1 saturated heterocycles. The van der Waals surface area contributed by atoms with E-state index in [2.05, 4.69) is 33.0 Å². The number of carbonyl (C=O) groups excluding carboxylic acids is 1. The van der Waals surface area contributed by atoms with Crippen molar-refractivity contribution in [1.82, 2.24) is 0 Å². The topological polar surface area (TPSA) is 20.3 Å². The van der Waals surface area contributed by atoms with E-state index in [1.54, 1.807) is 0 Å². The molecule has 2 nitrogen and oxygen atoms in total. The molecule has 1 spiro atoms. The fourth-order valence-corrected chi connectivity index (χ4v) is 5.17. The highest BCUT2D eigenvalue weighted by molar-refractivity contribution is 9.10. The van der Waals surface area contributed by atoms with Gasteiger partial charge in [-0.3, -0.25) is 9.69 Å². The van der Waals surface area contributed by atoms with Gasteiger partial charge in [0.2, 0.25) is 5.91 Å². The summed E-state index contributed by atoms with van der Waals surface area (Å²) in [7, 11) is 0. The molecular weight excluding hydrogens is 322 g/mol. The third kappa shape index (κ3) is 2.33. The molecule has 1 unspecified atom stereocenters. The number of rotatable bonds is 1. The highest BCUT2D eigenvalue weighted by atomic mass is 79.9. The Labute approximate surface area is 127 Å². The van der Waals surface area contributed by atoms with Gasteiger partial charge in [0.05, 0.1) is 10.1 Å². The molecule has 0 radical (unpaired) electrons. The van der Waals surface area contributed by atoms with Crippen LogP contribution in [-0.4, -0.2) is 16.0 Å². The standard InChI is InChI=1S/C15H18BrNOS/c1-11-14(18)17(13-7-5-12(16)6-8-13)15(19-11)9-3-2-4-10-15/h5-8,11H,2-4,9-10H2,1H3. The van der Waals surface area contributed by atoms with Crippen molar-refractivity contribution < 1.29 is 4.79 Å². The first-order valence-electron chi connectivity index (χ1n) is 6.90. The second-order valence-electron chi connectivity index (χ2n) is 5.42. The van der Waals surface area contributed by atoms with Crippen LogP contribution in [0.2, 0.25) is 0 Å². The van der Waals surface area contributed by atoms with E-state index < -0.39 is 0 Å². The molecule has 2 aliphatic rings. The summed E-state index contributed by atoms with van der Waals surface area (Å²) in [6, 6.07) is 8.15. The van der Waals surface area contributed by atoms with Gasteiger partial charge in [0.1, 0.15) is 0 Å². The maximum atomic E-state index is 12.6. The molecule has 1 aliphatic carbocycles. The summed E-state index contributed by atoms with van der Waals surface area (Å²) in [5, 5.41) is 0.0850. The molecule has 1 heterocycles. The zero-order chi connectivity index (χ0) is 13.5. The lowest BCUT2D eigenvalue weighted by atomic mass is 9.93. The molecule has 3 rings (SSSR count). The van der Waals surface area contributed by atoms with Gasteiger partial charge in [0, 0.05) is 10.2 Å². The molecule has 1 aromatic carbocycles. The monoisotopic (exact) mass is 339 g/mol. The summed E-state index contributed by atoms with van der Waals surface area (Å²) in [6.07, 6.45) is 6.03. The summed E-state index contributed by atoms with van der Waals surface area (Å²) in [5.74, 6) is 0.272. The Morgan fingerprint density at radius 1 is 1.21 bits per heavy atom. The van der Waals surface area contributed by atoms with Gasteiger partial charge in [-0.15, -0.1) is 11.8 Å². The summed E-state index contributed by atoms with van der Waals surface area (Å²) in [6.45, 7) is 2.04.